The van der Waals surface area contributed by atoms with E-state index in [0.717, 1.165) is 17.0 Å². The SMILES string of the molecule is COc1ccc(N(C)CO)cc1C(C)C. The number of hydrogen-bond acceptors (Lipinski definition) is 3. The standard InChI is InChI=1S/C12H19NO2/c1-9(2)11-7-10(13(3)8-14)5-6-12(11)15-4/h5-7,9,14H,8H2,1-4H3. The minimum absolute atomic E-state index is 0.0177. The summed E-state index contributed by atoms with van der Waals surface area (Å²) in [7, 11) is 3.53. The molecule has 0 heterocycles. The van der Waals surface area contributed by atoms with Crippen LogP contribution in [0.5, 0.6) is 5.75 Å². The molecule has 0 aliphatic carbocycles. The predicted molar refractivity (Wildman–Crippen MR) is 62.6 cm³/mol. The lowest BCUT2D eigenvalue weighted by atomic mass is 10.0. The van der Waals surface area contributed by atoms with Crippen LogP contribution in [0.1, 0.15) is 25.3 Å². The molecule has 0 fully saturated rings. The van der Waals surface area contributed by atoms with Crippen molar-refractivity contribution >= 4 is 5.69 Å². The third-order valence-electron chi connectivity index (χ3n) is 2.49. The molecule has 1 N–H and O–H groups in total. The van der Waals surface area contributed by atoms with Gasteiger partial charge in [0.25, 0.3) is 0 Å². The Bertz CT molecular complexity index is 323. The van der Waals surface area contributed by atoms with E-state index in [2.05, 4.69) is 19.9 Å². The highest BCUT2D eigenvalue weighted by Gasteiger charge is 2.09. The molecule has 1 aromatic rings. The van der Waals surface area contributed by atoms with E-state index in [0.29, 0.717) is 5.92 Å². The first-order valence-corrected chi connectivity index (χ1v) is 5.10. The van der Waals surface area contributed by atoms with Crippen molar-refractivity contribution in [2.75, 3.05) is 25.8 Å². The summed E-state index contributed by atoms with van der Waals surface area (Å²) in [5.41, 5.74) is 2.16. The largest absolute Gasteiger partial charge is 0.496 e. The number of nitrogens with zero attached hydrogens (tertiary/aromatic N) is 1. The first-order valence-electron chi connectivity index (χ1n) is 5.10. The summed E-state index contributed by atoms with van der Waals surface area (Å²) in [4.78, 5) is 1.78. The van der Waals surface area contributed by atoms with Crippen LogP contribution in [0.2, 0.25) is 0 Å². The van der Waals surface area contributed by atoms with Gasteiger partial charge in [-0.15, -0.1) is 0 Å². The van der Waals surface area contributed by atoms with Crippen LogP contribution in [0.25, 0.3) is 0 Å². The molecular formula is C12H19NO2. The molecule has 0 aliphatic heterocycles. The van der Waals surface area contributed by atoms with Crippen molar-refractivity contribution in [1.82, 2.24) is 0 Å². The summed E-state index contributed by atoms with van der Waals surface area (Å²) in [5, 5.41) is 9.04. The van der Waals surface area contributed by atoms with Gasteiger partial charge in [-0.25, -0.2) is 0 Å². The van der Waals surface area contributed by atoms with Crippen LogP contribution in [0.3, 0.4) is 0 Å². The van der Waals surface area contributed by atoms with Crippen molar-refractivity contribution < 1.29 is 9.84 Å². The van der Waals surface area contributed by atoms with Crippen LogP contribution in [-0.4, -0.2) is 26.0 Å². The Morgan fingerprint density at radius 3 is 2.53 bits per heavy atom. The number of aliphatic hydroxyl groups excluding tert-OH is 1. The van der Waals surface area contributed by atoms with Gasteiger partial charge in [0.2, 0.25) is 0 Å². The van der Waals surface area contributed by atoms with Crippen LogP contribution >= 0.6 is 0 Å². The Kier molecular flexibility index (Phi) is 3.97. The second-order valence-electron chi connectivity index (χ2n) is 3.92. The average Bonchev–Trinajstić information content (AvgIpc) is 2.27. The molecule has 0 bridgehead atoms. The molecule has 3 heteroatoms. The van der Waals surface area contributed by atoms with Gasteiger partial charge < -0.3 is 14.7 Å². The molecule has 0 atom stereocenters. The lowest BCUT2D eigenvalue weighted by Crippen LogP contribution is -2.17. The van der Waals surface area contributed by atoms with Crippen molar-refractivity contribution in [3.63, 3.8) is 0 Å². The van der Waals surface area contributed by atoms with Gasteiger partial charge in [0, 0.05) is 12.7 Å². The molecule has 0 saturated heterocycles. The van der Waals surface area contributed by atoms with Crippen LogP contribution in [-0.2, 0) is 0 Å². The second kappa shape index (κ2) is 5.03. The molecular weight excluding hydrogens is 190 g/mol. The number of rotatable bonds is 4. The molecule has 0 radical (unpaired) electrons. The fraction of sp³-hybridized carbons (Fsp3) is 0.500. The van der Waals surface area contributed by atoms with E-state index in [-0.39, 0.29) is 6.73 Å². The molecule has 0 spiro atoms. The number of benzene rings is 1. The van der Waals surface area contributed by atoms with E-state index in [1.807, 2.05) is 19.2 Å². The summed E-state index contributed by atoms with van der Waals surface area (Å²) in [6.45, 7) is 4.27. The van der Waals surface area contributed by atoms with E-state index >= 15 is 0 Å². The van der Waals surface area contributed by atoms with Gasteiger partial charge in [-0.2, -0.15) is 0 Å². The Balaban J connectivity index is 3.10. The molecule has 3 nitrogen and oxygen atoms in total. The Morgan fingerprint density at radius 1 is 1.40 bits per heavy atom. The normalized spacial score (nSPS) is 10.5. The zero-order valence-corrected chi connectivity index (χ0v) is 9.82. The highest BCUT2D eigenvalue weighted by atomic mass is 16.5. The average molecular weight is 209 g/mol. The predicted octanol–water partition coefficient (Wildman–Crippen LogP) is 2.20. The maximum Gasteiger partial charge on any atom is 0.122 e. The molecule has 84 valence electrons. The van der Waals surface area contributed by atoms with Gasteiger partial charge >= 0.3 is 0 Å². The number of anilines is 1. The summed E-state index contributed by atoms with van der Waals surface area (Å²) < 4.78 is 5.29. The van der Waals surface area contributed by atoms with Crippen LogP contribution in [0.15, 0.2) is 18.2 Å². The molecule has 15 heavy (non-hydrogen) atoms. The smallest absolute Gasteiger partial charge is 0.122 e. The highest BCUT2D eigenvalue weighted by molar-refractivity contribution is 5.53. The lowest BCUT2D eigenvalue weighted by molar-refractivity contribution is 0.298. The van der Waals surface area contributed by atoms with E-state index in [1.165, 1.54) is 0 Å². The molecule has 1 aromatic carbocycles. The van der Waals surface area contributed by atoms with E-state index in [9.17, 15) is 0 Å². The van der Waals surface area contributed by atoms with Crippen molar-refractivity contribution in [2.45, 2.75) is 19.8 Å². The molecule has 0 aromatic heterocycles. The zero-order valence-electron chi connectivity index (χ0n) is 9.82. The monoisotopic (exact) mass is 209 g/mol. The quantitative estimate of drug-likeness (QED) is 0.772. The van der Waals surface area contributed by atoms with Gasteiger partial charge in [-0.1, -0.05) is 13.8 Å². The van der Waals surface area contributed by atoms with Crippen molar-refractivity contribution in [3.8, 4) is 5.75 Å². The van der Waals surface area contributed by atoms with Crippen molar-refractivity contribution in [1.29, 1.82) is 0 Å². The van der Waals surface area contributed by atoms with Crippen LogP contribution in [0, 0.1) is 0 Å². The van der Waals surface area contributed by atoms with Crippen molar-refractivity contribution in [3.05, 3.63) is 23.8 Å². The number of methoxy groups -OCH3 is 1. The third-order valence-corrected chi connectivity index (χ3v) is 2.49. The maximum atomic E-state index is 9.04. The first kappa shape index (κ1) is 11.9. The Morgan fingerprint density at radius 2 is 2.07 bits per heavy atom. The zero-order chi connectivity index (χ0) is 11.4. The maximum absolute atomic E-state index is 9.04. The van der Waals surface area contributed by atoms with E-state index in [4.69, 9.17) is 9.84 Å². The number of ether oxygens (including phenoxy) is 1. The van der Waals surface area contributed by atoms with E-state index < -0.39 is 0 Å². The summed E-state index contributed by atoms with van der Waals surface area (Å²) in [6.07, 6.45) is 0. The number of aliphatic hydroxyl groups is 1. The van der Waals surface area contributed by atoms with Gasteiger partial charge in [0.05, 0.1) is 7.11 Å². The fourth-order valence-corrected chi connectivity index (χ4v) is 1.49. The van der Waals surface area contributed by atoms with Gasteiger partial charge in [-0.3, -0.25) is 0 Å². The summed E-state index contributed by atoms with van der Waals surface area (Å²) >= 11 is 0. The molecule has 1 rings (SSSR count). The fourth-order valence-electron chi connectivity index (χ4n) is 1.49. The topological polar surface area (TPSA) is 32.7 Å². The van der Waals surface area contributed by atoms with Crippen LogP contribution < -0.4 is 9.64 Å². The van der Waals surface area contributed by atoms with Crippen molar-refractivity contribution in [2.24, 2.45) is 0 Å². The van der Waals surface area contributed by atoms with Gasteiger partial charge in [0.1, 0.15) is 12.5 Å². The van der Waals surface area contributed by atoms with Gasteiger partial charge in [-0.05, 0) is 29.7 Å². The summed E-state index contributed by atoms with van der Waals surface area (Å²) in [6, 6.07) is 5.94. The molecule has 0 aliphatic rings. The Hall–Kier alpha value is -1.22. The first-order chi connectivity index (χ1) is 7.10. The van der Waals surface area contributed by atoms with E-state index in [1.54, 1.807) is 12.0 Å². The third kappa shape index (κ3) is 2.63. The summed E-state index contributed by atoms with van der Waals surface area (Å²) in [5.74, 6) is 1.31. The number of hydrogen-bond donors (Lipinski definition) is 1. The second-order valence-corrected chi connectivity index (χ2v) is 3.92. The lowest BCUT2D eigenvalue weighted by Gasteiger charge is -2.19. The Labute approximate surface area is 91.3 Å². The van der Waals surface area contributed by atoms with Crippen LogP contribution in [0.4, 0.5) is 5.69 Å². The minimum Gasteiger partial charge on any atom is -0.496 e. The highest BCUT2D eigenvalue weighted by Crippen LogP contribution is 2.30. The molecule has 0 amide bonds. The minimum atomic E-state index is 0.0177. The molecule has 0 saturated carbocycles. The van der Waals surface area contributed by atoms with Gasteiger partial charge in [0.15, 0.2) is 0 Å². The molecule has 0 unspecified atom stereocenters.